The molecule has 1 fully saturated rings. The Morgan fingerprint density at radius 2 is 2.17 bits per heavy atom. The van der Waals surface area contributed by atoms with Crippen LogP contribution in [0.4, 0.5) is 25.0 Å². The van der Waals surface area contributed by atoms with Crippen molar-refractivity contribution < 1.29 is 27.9 Å². The zero-order chi connectivity index (χ0) is 21.8. The molecule has 2 aliphatic rings. The van der Waals surface area contributed by atoms with E-state index in [0.29, 0.717) is 6.42 Å². The summed E-state index contributed by atoms with van der Waals surface area (Å²) in [6, 6.07) is 1.09. The minimum atomic E-state index is -0.857. The molecule has 30 heavy (non-hydrogen) atoms. The molecule has 0 spiro atoms. The van der Waals surface area contributed by atoms with Crippen LogP contribution in [-0.2, 0) is 20.7 Å². The number of ether oxygens (including phenoxy) is 1. The summed E-state index contributed by atoms with van der Waals surface area (Å²) in [4.78, 5) is 37.7. The van der Waals surface area contributed by atoms with Crippen molar-refractivity contribution in [3.05, 3.63) is 48.2 Å². The number of ketones is 1. The van der Waals surface area contributed by atoms with Gasteiger partial charge in [0.15, 0.2) is 17.4 Å². The highest BCUT2D eigenvalue weighted by Crippen LogP contribution is 2.36. The Hall–Kier alpha value is -3.23. The SMILES string of the molecule is C=CCc1c(N2CC(CNC(=O)CC)OC2=O)cc(F)c(N2C=CC(=O)CC2)c1F. The molecule has 1 saturated heterocycles. The van der Waals surface area contributed by atoms with Gasteiger partial charge in [0.2, 0.25) is 5.91 Å². The first-order chi connectivity index (χ1) is 14.3. The Kier molecular flexibility index (Phi) is 6.49. The van der Waals surface area contributed by atoms with Crippen LogP contribution in [0.3, 0.4) is 0 Å². The molecule has 160 valence electrons. The predicted molar refractivity (Wildman–Crippen MR) is 107 cm³/mol. The van der Waals surface area contributed by atoms with Gasteiger partial charge in [-0.3, -0.25) is 14.5 Å². The van der Waals surface area contributed by atoms with Crippen LogP contribution in [0, 0.1) is 11.6 Å². The number of amides is 2. The minimum absolute atomic E-state index is 0.0450. The van der Waals surface area contributed by atoms with Gasteiger partial charge in [-0.1, -0.05) is 13.0 Å². The smallest absolute Gasteiger partial charge is 0.414 e. The summed E-state index contributed by atoms with van der Waals surface area (Å²) in [5.41, 5.74) is -0.124. The first-order valence-electron chi connectivity index (χ1n) is 9.70. The van der Waals surface area contributed by atoms with E-state index in [0.717, 1.165) is 11.0 Å². The van der Waals surface area contributed by atoms with Crippen molar-refractivity contribution in [1.82, 2.24) is 5.32 Å². The molecule has 0 aliphatic carbocycles. The van der Waals surface area contributed by atoms with Crippen molar-refractivity contribution in [3.8, 4) is 0 Å². The fraction of sp³-hybridized carbons (Fsp3) is 0.381. The zero-order valence-corrected chi connectivity index (χ0v) is 16.6. The normalized spacial score (nSPS) is 18.6. The molecule has 3 rings (SSSR count). The van der Waals surface area contributed by atoms with Crippen LogP contribution < -0.4 is 15.1 Å². The predicted octanol–water partition coefficient (Wildman–Crippen LogP) is 2.84. The highest BCUT2D eigenvalue weighted by atomic mass is 19.1. The van der Waals surface area contributed by atoms with Gasteiger partial charge in [-0.2, -0.15) is 0 Å². The summed E-state index contributed by atoms with van der Waals surface area (Å²) in [5.74, 6) is -1.98. The van der Waals surface area contributed by atoms with Gasteiger partial charge >= 0.3 is 6.09 Å². The number of benzene rings is 1. The number of carbonyl (C=O) groups excluding carboxylic acids is 3. The largest absolute Gasteiger partial charge is 0.442 e. The second kappa shape index (κ2) is 9.06. The number of allylic oxidation sites excluding steroid dienone is 2. The molecule has 2 amide bonds. The van der Waals surface area contributed by atoms with Gasteiger partial charge in [0.05, 0.1) is 18.8 Å². The van der Waals surface area contributed by atoms with Crippen LogP contribution in [0.5, 0.6) is 0 Å². The summed E-state index contributed by atoms with van der Waals surface area (Å²) >= 11 is 0. The van der Waals surface area contributed by atoms with E-state index in [4.69, 9.17) is 4.74 Å². The lowest BCUT2D eigenvalue weighted by Gasteiger charge is -2.27. The van der Waals surface area contributed by atoms with Crippen molar-refractivity contribution in [1.29, 1.82) is 0 Å². The van der Waals surface area contributed by atoms with Crippen LogP contribution in [-0.4, -0.2) is 43.5 Å². The number of anilines is 2. The van der Waals surface area contributed by atoms with Gasteiger partial charge in [-0.05, 0) is 12.5 Å². The lowest BCUT2D eigenvalue weighted by molar-refractivity contribution is -0.121. The van der Waals surface area contributed by atoms with Crippen LogP contribution in [0.2, 0.25) is 0 Å². The summed E-state index contributed by atoms with van der Waals surface area (Å²) in [7, 11) is 0. The molecule has 9 heteroatoms. The molecule has 2 aliphatic heterocycles. The molecular formula is C21H23F2N3O4. The molecule has 0 bridgehead atoms. The molecule has 1 unspecified atom stereocenters. The van der Waals surface area contributed by atoms with Gasteiger partial charge < -0.3 is 15.0 Å². The molecule has 0 aromatic heterocycles. The standard InChI is InChI=1S/C21H23F2N3O4/c1-3-5-15-17(26-12-14(30-21(26)29)11-24-18(28)4-2)10-16(22)20(19(15)23)25-8-6-13(27)7-9-25/h3,6,8,10,14H,1,4-5,7,9,11-12H2,2H3,(H,24,28). The highest BCUT2D eigenvalue weighted by Gasteiger charge is 2.36. The average molecular weight is 419 g/mol. The number of halogens is 2. The van der Waals surface area contributed by atoms with Crippen molar-refractivity contribution in [2.45, 2.75) is 32.3 Å². The second-order valence-corrected chi connectivity index (χ2v) is 7.01. The summed E-state index contributed by atoms with van der Waals surface area (Å²) in [5, 5.41) is 2.64. The first kappa shape index (κ1) is 21.5. The monoisotopic (exact) mass is 419 g/mol. The minimum Gasteiger partial charge on any atom is -0.442 e. The van der Waals surface area contributed by atoms with Crippen molar-refractivity contribution in [2.75, 3.05) is 29.4 Å². The quantitative estimate of drug-likeness (QED) is 0.688. The molecule has 0 saturated carbocycles. The van der Waals surface area contributed by atoms with Gasteiger partial charge in [0.25, 0.3) is 0 Å². The molecule has 7 nitrogen and oxygen atoms in total. The van der Waals surface area contributed by atoms with Crippen molar-refractivity contribution >= 4 is 29.2 Å². The van der Waals surface area contributed by atoms with E-state index in [1.165, 1.54) is 23.3 Å². The Bertz CT molecular complexity index is 916. The number of nitrogens with one attached hydrogen (secondary N) is 1. The van der Waals surface area contributed by atoms with Crippen LogP contribution in [0.1, 0.15) is 25.3 Å². The first-order valence-corrected chi connectivity index (χ1v) is 9.70. The van der Waals surface area contributed by atoms with Gasteiger partial charge in [0.1, 0.15) is 11.8 Å². The number of cyclic esters (lactones) is 1. The second-order valence-electron chi connectivity index (χ2n) is 7.01. The molecule has 1 aromatic carbocycles. The fourth-order valence-electron chi connectivity index (χ4n) is 3.40. The van der Waals surface area contributed by atoms with Crippen LogP contribution >= 0.6 is 0 Å². The maximum Gasteiger partial charge on any atom is 0.414 e. The van der Waals surface area contributed by atoms with E-state index in [1.807, 2.05) is 0 Å². The lowest BCUT2D eigenvalue weighted by Crippen LogP contribution is -2.34. The Morgan fingerprint density at radius 1 is 1.40 bits per heavy atom. The highest BCUT2D eigenvalue weighted by molar-refractivity contribution is 5.93. The molecule has 1 aromatic rings. The third-order valence-electron chi connectivity index (χ3n) is 4.96. The van der Waals surface area contributed by atoms with Crippen LogP contribution in [0.25, 0.3) is 0 Å². The lowest BCUT2D eigenvalue weighted by atomic mass is 10.0. The third kappa shape index (κ3) is 4.34. The Balaban J connectivity index is 1.92. The number of hydrogen-bond donors (Lipinski definition) is 1. The van der Waals surface area contributed by atoms with E-state index in [1.54, 1.807) is 6.92 Å². The van der Waals surface area contributed by atoms with Crippen LogP contribution in [0.15, 0.2) is 31.0 Å². The number of carbonyl (C=O) groups is 3. The van der Waals surface area contributed by atoms with E-state index in [2.05, 4.69) is 11.9 Å². The van der Waals surface area contributed by atoms with Gasteiger partial charge in [-0.25, -0.2) is 13.6 Å². The number of hydrogen-bond acceptors (Lipinski definition) is 5. The fourth-order valence-corrected chi connectivity index (χ4v) is 3.40. The molecule has 1 atom stereocenters. The molecular weight excluding hydrogens is 396 g/mol. The van der Waals surface area contributed by atoms with E-state index < -0.39 is 23.8 Å². The topological polar surface area (TPSA) is 79.0 Å². The Labute approximate surface area is 173 Å². The third-order valence-corrected chi connectivity index (χ3v) is 4.96. The van der Waals surface area contributed by atoms with Gasteiger partial charge in [-0.15, -0.1) is 6.58 Å². The number of nitrogens with zero attached hydrogens (tertiary/aromatic N) is 2. The number of rotatable bonds is 7. The van der Waals surface area contributed by atoms with E-state index >= 15 is 4.39 Å². The Morgan fingerprint density at radius 3 is 2.80 bits per heavy atom. The summed E-state index contributed by atoms with van der Waals surface area (Å²) in [6.07, 6.45) is 3.21. The zero-order valence-electron chi connectivity index (χ0n) is 16.6. The molecule has 1 N–H and O–H groups in total. The maximum atomic E-state index is 15.4. The molecule has 2 heterocycles. The maximum absolute atomic E-state index is 15.4. The summed E-state index contributed by atoms with van der Waals surface area (Å²) < 4.78 is 35.5. The molecule has 0 radical (unpaired) electrons. The average Bonchev–Trinajstić information content (AvgIpc) is 3.10. The van der Waals surface area contributed by atoms with E-state index in [9.17, 15) is 18.8 Å². The van der Waals surface area contributed by atoms with Crippen molar-refractivity contribution in [2.24, 2.45) is 0 Å². The van der Waals surface area contributed by atoms with E-state index in [-0.39, 0.29) is 61.1 Å². The summed E-state index contributed by atoms with van der Waals surface area (Å²) in [6.45, 7) is 5.63. The van der Waals surface area contributed by atoms with Gasteiger partial charge in [0, 0.05) is 37.2 Å². The van der Waals surface area contributed by atoms with Crippen molar-refractivity contribution in [3.63, 3.8) is 0 Å².